The minimum Gasteiger partial charge on any atom is -0.507 e. The summed E-state index contributed by atoms with van der Waals surface area (Å²) < 4.78 is 24.2. The summed E-state index contributed by atoms with van der Waals surface area (Å²) in [5.41, 5.74) is 0.322. The molecule has 1 heterocycles. The number of methoxy groups -OCH3 is 1. The molecule has 0 spiro atoms. The number of hydrogen-bond donors (Lipinski definition) is 1. The number of phenols is 1. The Morgan fingerprint density at radius 2 is 1.85 bits per heavy atom. The highest BCUT2D eigenvalue weighted by Gasteiger charge is 2.31. The smallest absolute Gasteiger partial charge is 0.342 e. The number of phenolic OH excluding ortho intramolecular Hbond substituents is 1. The van der Waals surface area contributed by atoms with Crippen LogP contribution in [-0.2, 0) is 25.5 Å². The number of rotatable bonds is 1. The number of fused-ring (bicyclic) bond motifs is 1. The number of aromatic hydroxyl groups is 1. The van der Waals surface area contributed by atoms with Crippen LogP contribution in [0.2, 0.25) is 0 Å². The minimum absolute atomic E-state index is 0.0215. The van der Waals surface area contributed by atoms with Crippen LogP contribution >= 0.6 is 0 Å². The van der Waals surface area contributed by atoms with E-state index in [1.54, 1.807) is 0 Å². The van der Waals surface area contributed by atoms with Crippen molar-refractivity contribution in [3.63, 3.8) is 0 Å². The van der Waals surface area contributed by atoms with Crippen LogP contribution in [-0.4, -0.2) is 47.8 Å². The maximum Gasteiger partial charge on any atom is 0.342 e. The molecule has 8 heteroatoms. The highest BCUT2D eigenvalue weighted by Crippen LogP contribution is 2.30. The number of Topliss-reactive ketones (excluding diaryl/α,β-unsaturated/α-hetero) is 3. The van der Waals surface area contributed by atoms with Crippen LogP contribution in [0.5, 0.6) is 11.5 Å². The molecule has 1 aromatic carbocycles. The van der Waals surface area contributed by atoms with E-state index in [2.05, 4.69) is 0 Å². The second kappa shape index (κ2) is 8.75. The Bertz CT molecular complexity index is 772. The van der Waals surface area contributed by atoms with E-state index in [0.717, 1.165) is 0 Å². The Morgan fingerprint density at radius 1 is 1.15 bits per heavy atom. The highest BCUT2D eigenvalue weighted by molar-refractivity contribution is 6.64. The number of cyclic esters (lactones) is 1. The summed E-state index contributed by atoms with van der Waals surface area (Å²) in [5, 5.41) is 10.2. The molecule has 0 saturated carbocycles. The van der Waals surface area contributed by atoms with Crippen molar-refractivity contribution < 1.29 is 38.1 Å². The number of ketones is 3. The number of alkyl halides is 1. The molecule has 1 aliphatic rings. The van der Waals surface area contributed by atoms with Gasteiger partial charge in [0.2, 0.25) is 11.6 Å². The van der Waals surface area contributed by atoms with Gasteiger partial charge in [-0.25, -0.2) is 9.18 Å². The van der Waals surface area contributed by atoms with Gasteiger partial charge in [0.15, 0.2) is 6.17 Å². The molecule has 2 rings (SSSR count). The number of ether oxygens (including phenoxy) is 2. The van der Waals surface area contributed by atoms with Gasteiger partial charge in [0, 0.05) is 12.5 Å². The number of halogens is 1. The quantitative estimate of drug-likeness (QED) is 0.587. The van der Waals surface area contributed by atoms with E-state index in [1.165, 1.54) is 26.2 Å². The predicted molar refractivity (Wildman–Crippen MR) is 91.6 cm³/mol. The van der Waals surface area contributed by atoms with E-state index in [1.807, 2.05) is 0 Å². The summed E-state index contributed by atoms with van der Waals surface area (Å²) in [5.74, 6) is -4.50. The molecular weight excluding hydrogens is 359 g/mol. The summed E-state index contributed by atoms with van der Waals surface area (Å²) in [6, 6.07) is 2.79. The summed E-state index contributed by atoms with van der Waals surface area (Å²) in [6.45, 7) is 1.51. The first-order chi connectivity index (χ1) is 12.7. The molecule has 2 unspecified atom stereocenters. The van der Waals surface area contributed by atoms with Gasteiger partial charge in [-0.15, -0.1) is 0 Å². The number of carbonyl (C=O) groups excluding carboxylic acids is 4. The molecule has 1 N–H and O–H groups in total. The van der Waals surface area contributed by atoms with Crippen LogP contribution in [0.4, 0.5) is 4.39 Å². The average molecular weight is 380 g/mol. The lowest BCUT2D eigenvalue weighted by Gasteiger charge is -2.18. The molecule has 7 nitrogen and oxygen atoms in total. The lowest BCUT2D eigenvalue weighted by molar-refractivity contribution is -0.146. The Hall–Kier alpha value is -2.77. The van der Waals surface area contributed by atoms with Crippen molar-refractivity contribution in [3.8, 4) is 11.5 Å². The molecule has 0 radical (unpaired) electrons. The van der Waals surface area contributed by atoms with Crippen molar-refractivity contribution in [3.05, 3.63) is 23.3 Å². The molecule has 27 heavy (non-hydrogen) atoms. The molecule has 0 fully saturated rings. The van der Waals surface area contributed by atoms with Gasteiger partial charge in [-0.3, -0.25) is 14.4 Å². The molecule has 0 aliphatic carbocycles. The Kier molecular flexibility index (Phi) is 6.65. The van der Waals surface area contributed by atoms with Crippen LogP contribution < -0.4 is 4.74 Å². The zero-order valence-corrected chi connectivity index (χ0v) is 15.1. The largest absolute Gasteiger partial charge is 0.507 e. The summed E-state index contributed by atoms with van der Waals surface area (Å²) in [7, 11) is 1.39. The Labute approximate surface area is 155 Å². The number of carbonyl (C=O) groups is 4. The van der Waals surface area contributed by atoms with E-state index < -0.39 is 35.6 Å². The number of aryl methyl sites for hydroxylation is 1. The van der Waals surface area contributed by atoms with Gasteiger partial charge in [0.05, 0.1) is 13.2 Å². The van der Waals surface area contributed by atoms with Crippen molar-refractivity contribution in [1.82, 2.24) is 0 Å². The van der Waals surface area contributed by atoms with E-state index in [0.29, 0.717) is 11.3 Å². The molecule has 2 atom stereocenters. The lowest BCUT2D eigenvalue weighted by Crippen LogP contribution is -2.32. The van der Waals surface area contributed by atoms with Gasteiger partial charge in [-0.2, -0.15) is 0 Å². The van der Waals surface area contributed by atoms with Crippen molar-refractivity contribution in [1.29, 1.82) is 0 Å². The molecule has 1 aliphatic heterocycles. The molecule has 0 saturated heterocycles. The fourth-order valence-electron chi connectivity index (χ4n) is 2.85. The zero-order chi connectivity index (χ0) is 20.1. The van der Waals surface area contributed by atoms with Crippen molar-refractivity contribution in [2.24, 2.45) is 0 Å². The SMILES string of the molecule is COc1cc(O)c2c(c1)CCCC(=O)C(=O)C(=O)C(F)CCC(C)OC2=O. The van der Waals surface area contributed by atoms with Crippen LogP contribution in [0.25, 0.3) is 0 Å². The van der Waals surface area contributed by atoms with E-state index in [-0.39, 0.29) is 43.4 Å². The van der Waals surface area contributed by atoms with Crippen LogP contribution in [0.15, 0.2) is 12.1 Å². The van der Waals surface area contributed by atoms with Gasteiger partial charge in [0.1, 0.15) is 17.1 Å². The average Bonchev–Trinajstić information content (AvgIpc) is 2.63. The van der Waals surface area contributed by atoms with Crippen molar-refractivity contribution in [2.45, 2.75) is 51.3 Å². The van der Waals surface area contributed by atoms with Crippen molar-refractivity contribution >= 4 is 23.3 Å². The van der Waals surface area contributed by atoms with Crippen LogP contribution in [0, 0.1) is 0 Å². The second-order valence-electron chi connectivity index (χ2n) is 6.41. The van der Waals surface area contributed by atoms with Gasteiger partial charge >= 0.3 is 5.97 Å². The maximum absolute atomic E-state index is 13.9. The second-order valence-corrected chi connectivity index (χ2v) is 6.41. The third-order valence-corrected chi connectivity index (χ3v) is 4.36. The number of esters is 1. The third kappa shape index (κ3) is 4.90. The highest BCUT2D eigenvalue weighted by atomic mass is 19.1. The Balaban J connectivity index is 2.37. The molecule has 0 aromatic heterocycles. The normalized spacial score (nSPS) is 22.6. The zero-order valence-electron chi connectivity index (χ0n) is 15.1. The monoisotopic (exact) mass is 380 g/mol. The van der Waals surface area contributed by atoms with Crippen LogP contribution in [0.1, 0.15) is 48.5 Å². The first-order valence-corrected chi connectivity index (χ1v) is 8.60. The first-order valence-electron chi connectivity index (χ1n) is 8.60. The Morgan fingerprint density at radius 3 is 2.52 bits per heavy atom. The maximum atomic E-state index is 13.9. The van der Waals surface area contributed by atoms with E-state index >= 15 is 0 Å². The van der Waals surface area contributed by atoms with Gasteiger partial charge in [-0.05, 0) is 44.2 Å². The third-order valence-electron chi connectivity index (χ3n) is 4.36. The molecule has 146 valence electrons. The van der Waals surface area contributed by atoms with Crippen molar-refractivity contribution in [2.75, 3.05) is 7.11 Å². The lowest BCUT2D eigenvalue weighted by atomic mass is 9.96. The fourth-order valence-corrected chi connectivity index (χ4v) is 2.85. The standard InChI is InChI=1S/C19H21FO7/c1-10-6-7-13(20)17(23)18(24)14(21)5-3-4-11-8-12(26-2)9-15(22)16(11)19(25)27-10/h8-10,13,22H,3-7H2,1-2H3. The summed E-state index contributed by atoms with van der Waals surface area (Å²) in [6.07, 6.45) is -3.25. The first kappa shape index (κ1) is 20.5. The molecule has 1 aromatic rings. The van der Waals surface area contributed by atoms with Gasteiger partial charge in [-0.1, -0.05) is 0 Å². The molecule has 0 amide bonds. The number of hydrogen-bond acceptors (Lipinski definition) is 7. The van der Waals surface area contributed by atoms with E-state index in [9.17, 15) is 28.7 Å². The number of benzene rings is 1. The minimum atomic E-state index is -2.12. The van der Waals surface area contributed by atoms with Crippen LogP contribution in [0.3, 0.4) is 0 Å². The summed E-state index contributed by atoms with van der Waals surface area (Å²) >= 11 is 0. The summed E-state index contributed by atoms with van der Waals surface area (Å²) in [4.78, 5) is 47.8. The van der Waals surface area contributed by atoms with Gasteiger partial charge in [0.25, 0.3) is 5.78 Å². The van der Waals surface area contributed by atoms with Gasteiger partial charge < -0.3 is 14.6 Å². The predicted octanol–water partition coefficient (Wildman–Crippen LogP) is 2.11. The fraction of sp³-hybridized carbons (Fsp3) is 0.474. The topological polar surface area (TPSA) is 107 Å². The van der Waals surface area contributed by atoms with E-state index in [4.69, 9.17) is 9.47 Å². The molecule has 0 bridgehead atoms. The molecular formula is C19H21FO7.